The summed E-state index contributed by atoms with van der Waals surface area (Å²) < 4.78 is 49.9. The van der Waals surface area contributed by atoms with E-state index in [0.29, 0.717) is 28.6 Å². The number of fused-ring (bicyclic) bond motifs is 2. The predicted molar refractivity (Wildman–Crippen MR) is 118 cm³/mol. The molecule has 0 saturated carbocycles. The van der Waals surface area contributed by atoms with Gasteiger partial charge in [0.25, 0.3) is 0 Å². The van der Waals surface area contributed by atoms with E-state index in [2.05, 4.69) is 31.9 Å². The number of carbonyl (C=O) groups excluding carboxylic acids is 3. The molecule has 1 atom stereocenters. The number of benzene rings is 2. The molecule has 35 heavy (non-hydrogen) atoms. The van der Waals surface area contributed by atoms with Crippen LogP contribution in [0.25, 0.3) is 10.9 Å². The molecule has 0 radical (unpaired) electrons. The first-order valence-electron chi connectivity index (χ1n) is 10.0. The van der Waals surface area contributed by atoms with E-state index in [4.69, 9.17) is 9.53 Å². The van der Waals surface area contributed by atoms with Crippen LogP contribution in [0.15, 0.2) is 42.6 Å². The second kappa shape index (κ2) is 10.2. The van der Waals surface area contributed by atoms with E-state index in [9.17, 15) is 22.8 Å². The molecule has 0 spiro atoms. The number of anilines is 1. The molecule has 0 saturated heterocycles. The van der Waals surface area contributed by atoms with Gasteiger partial charge in [-0.05, 0) is 24.3 Å². The Morgan fingerprint density at radius 3 is 2.57 bits per heavy atom. The van der Waals surface area contributed by atoms with Crippen LogP contribution in [0.4, 0.5) is 33.2 Å². The first-order valence-corrected chi connectivity index (χ1v) is 10.0. The van der Waals surface area contributed by atoms with Crippen molar-refractivity contribution in [2.75, 3.05) is 19.0 Å². The summed E-state index contributed by atoms with van der Waals surface area (Å²) in [5.41, 5.74) is 9.00. The van der Waals surface area contributed by atoms with Crippen LogP contribution in [0.1, 0.15) is 23.6 Å². The van der Waals surface area contributed by atoms with Gasteiger partial charge in [-0.3, -0.25) is 0 Å². The summed E-state index contributed by atoms with van der Waals surface area (Å²) >= 11 is 0. The quantitative estimate of drug-likeness (QED) is 0.427. The van der Waals surface area contributed by atoms with E-state index in [-0.39, 0.29) is 12.4 Å². The maximum absolute atomic E-state index is 12.9. The van der Waals surface area contributed by atoms with Crippen LogP contribution in [0.3, 0.4) is 0 Å². The van der Waals surface area contributed by atoms with Gasteiger partial charge < -0.3 is 31.6 Å². The van der Waals surface area contributed by atoms with Crippen LogP contribution in [-0.4, -0.2) is 41.7 Å². The van der Waals surface area contributed by atoms with Crippen LogP contribution >= 0.6 is 0 Å². The first-order chi connectivity index (χ1) is 16.5. The number of nitrogens with one attached hydrogen (secondary N) is 2. The fraction of sp³-hybridized carbons (Fsp3) is 0.238. The first kappa shape index (κ1) is 25.1. The fourth-order valence-electron chi connectivity index (χ4n) is 3.42. The molecular weight excluding hydrogens is 473 g/mol. The normalized spacial score (nSPS) is 14.6. The lowest BCUT2D eigenvalue weighted by atomic mass is 9.98. The molecule has 1 aromatic heterocycles. The van der Waals surface area contributed by atoms with Gasteiger partial charge in [-0.1, -0.05) is 12.1 Å². The van der Waals surface area contributed by atoms with Crippen molar-refractivity contribution < 1.29 is 37.0 Å². The predicted octanol–water partition coefficient (Wildman–Crippen LogP) is 3.34. The number of methoxy groups -OCH3 is 1. The molecule has 1 aliphatic rings. The van der Waals surface area contributed by atoms with Gasteiger partial charge in [-0.25, -0.2) is 14.4 Å². The summed E-state index contributed by atoms with van der Waals surface area (Å²) in [5.74, 6) is 0.0906. The maximum atomic E-state index is 12.9. The number of aromatic nitrogens is 2. The van der Waals surface area contributed by atoms with Gasteiger partial charge in [0.2, 0.25) is 0 Å². The molecule has 2 heterocycles. The number of nitrogens with zero attached hydrogens (tertiary/aromatic N) is 2. The van der Waals surface area contributed by atoms with E-state index in [1.54, 1.807) is 18.2 Å². The topological polar surface area (TPSA) is 164 Å². The van der Waals surface area contributed by atoms with Gasteiger partial charge in [0.05, 0.1) is 42.7 Å². The number of hydrogen-bond acceptors (Lipinski definition) is 6. The zero-order chi connectivity index (χ0) is 25.8. The standard InChI is InChI=1S/C20H17F3N4O4.CH4N2O/c1-30-19(29)27-16-4-2-3-14(13(16)10-24-27)25-18(28)26-15-7-8-31-17-9-11(20(21,22)23)5-6-12(15)17;2-1(3)4/h2-6,9-10,15H,7-8H2,1H3,(H2,25,26,28);(H4,2,3,4). The average molecular weight is 494 g/mol. The Hall–Kier alpha value is -4.49. The Balaban J connectivity index is 0.000000795. The number of urea groups is 2. The van der Waals surface area contributed by atoms with Gasteiger partial charge in [0.1, 0.15) is 5.75 Å². The minimum atomic E-state index is -4.48. The van der Waals surface area contributed by atoms with Crippen LogP contribution < -0.4 is 26.8 Å². The molecule has 4 rings (SSSR count). The van der Waals surface area contributed by atoms with Crippen molar-refractivity contribution in [3.05, 3.63) is 53.7 Å². The molecule has 2 aromatic carbocycles. The number of hydrogen-bond donors (Lipinski definition) is 4. The third-order valence-electron chi connectivity index (χ3n) is 4.90. The van der Waals surface area contributed by atoms with Crippen molar-refractivity contribution in [3.63, 3.8) is 0 Å². The Bertz CT molecular complexity index is 1260. The highest BCUT2D eigenvalue weighted by Crippen LogP contribution is 2.38. The molecule has 6 N–H and O–H groups in total. The molecule has 11 nitrogen and oxygen atoms in total. The second-order valence-corrected chi connectivity index (χ2v) is 7.21. The highest BCUT2D eigenvalue weighted by atomic mass is 19.4. The number of carbonyl (C=O) groups is 3. The Morgan fingerprint density at radius 2 is 1.91 bits per heavy atom. The van der Waals surface area contributed by atoms with Crippen LogP contribution in [0, 0.1) is 0 Å². The van der Waals surface area contributed by atoms with Gasteiger partial charge in [-0.2, -0.15) is 23.0 Å². The molecule has 14 heteroatoms. The average Bonchev–Trinajstić information content (AvgIpc) is 3.23. The number of nitrogens with two attached hydrogens (primary N) is 2. The van der Waals surface area contributed by atoms with Crippen molar-refractivity contribution >= 4 is 34.7 Å². The Kier molecular flexibility index (Phi) is 7.32. The number of halogens is 3. The molecule has 1 aliphatic heterocycles. The lowest BCUT2D eigenvalue weighted by Crippen LogP contribution is -2.35. The van der Waals surface area contributed by atoms with E-state index >= 15 is 0 Å². The van der Waals surface area contributed by atoms with Crippen LogP contribution in [-0.2, 0) is 10.9 Å². The van der Waals surface area contributed by atoms with Crippen molar-refractivity contribution in [2.24, 2.45) is 11.5 Å². The molecule has 0 bridgehead atoms. The lowest BCUT2D eigenvalue weighted by Gasteiger charge is -2.27. The van der Waals surface area contributed by atoms with Crippen LogP contribution in [0.2, 0.25) is 0 Å². The zero-order valence-corrected chi connectivity index (χ0v) is 18.3. The zero-order valence-electron chi connectivity index (χ0n) is 18.3. The minimum Gasteiger partial charge on any atom is -0.493 e. The maximum Gasteiger partial charge on any atom is 0.434 e. The summed E-state index contributed by atoms with van der Waals surface area (Å²) in [4.78, 5) is 33.4. The largest absolute Gasteiger partial charge is 0.493 e. The van der Waals surface area contributed by atoms with Crippen molar-refractivity contribution in [1.29, 1.82) is 0 Å². The number of alkyl halides is 3. The van der Waals surface area contributed by atoms with Crippen molar-refractivity contribution in [1.82, 2.24) is 15.1 Å². The van der Waals surface area contributed by atoms with Gasteiger partial charge in [-0.15, -0.1) is 0 Å². The monoisotopic (exact) mass is 494 g/mol. The summed E-state index contributed by atoms with van der Waals surface area (Å²) in [5, 5.41) is 9.94. The van der Waals surface area contributed by atoms with E-state index in [0.717, 1.165) is 16.8 Å². The highest BCUT2D eigenvalue weighted by molar-refractivity contribution is 6.02. The summed E-state index contributed by atoms with van der Waals surface area (Å²) in [7, 11) is 1.23. The Labute approximate surface area is 196 Å². The van der Waals surface area contributed by atoms with E-state index < -0.39 is 35.9 Å². The lowest BCUT2D eigenvalue weighted by molar-refractivity contribution is -0.137. The fourth-order valence-corrected chi connectivity index (χ4v) is 3.42. The molecule has 3 aromatic rings. The van der Waals surface area contributed by atoms with Gasteiger partial charge in [0, 0.05) is 17.4 Å². The van der Waals surface area contributed by atoms with Crippen LogP contribution in [0.5, 0.6) is 5.75 Å². The molecule has 186 valence electrons. The van der Waals surface area contributed by atoms with Crippen molar-refractivity contribution in [3.8, 4) is 5.75 Å². The highest BCUT2D eigenvalue weighted by Gasteiger charge is 2.33. The number of ether oxygens (including phenoxy) is 2. The van der Waals surface area contributed by atoms with Crippen molar-refractivity contribution in [2.45, 2.75) is 18.6 Å². The molecule has 4 amide bonds. The number of primary amides is 2. The summed E-state index contributed by atoms with van der Waals surface area (Å²) in [6.45, 7) is 0.167. The molecule has 1 unspecified atom stereocenters. The smallest absolute Gasteiger partial charge is 0.434 e. The second-order valence-electron chi connectivity index (χ2n) is 7.21. The third-order valence-corrected chi connectivity index (χ3v) is 4.90. The summed E-state index contributed by atoms with van der Waals surface area (Å²) in [6.07, 6.45) is -3.34. The molecular formula is C21H21F3N6O5. The third kappa shape index (κ3) is 5.90. The minimum absolute atomic E-state index is 0.0906. The number of amides is 4. The van der Waals surface area contributed by atoms with E-state index in [1.165, 1.54) is 19.4 Å². The SMILES string of the molecule is COC(=O)n1ncc2c(NC(=O)NC3CCOc4cc(C(F)(F)F)ccc43)cccc21.NC(N)=O. The summed E-state index contributed by atoms with van der Waals surface area (Å²) in [6, 6.07) is 6.21. The number of rotatable bonds is 2. The Morgan fingerprint density at radius 1 is 1.20 bits per heavy atom. The van der Waals surface area contributed by atoms with Gasteiger partial charge >= 0.3 is 24.3 Å². The van der Waals surface area contributed by atoms with Gasteiger partial charge in [0.15, 0.2) is 0 Å². The molecule has 0 aliphatic carbocycles. The van der Waals surface area contributed by atoms with E-state index in [1.807, 2.05) is 0 Å². The molecule has 0 fully saturated rings.